The molecule has 2 heterocycles. The van der Waals surface area contributed by atoms with Crippen molar-refractivity contribution in [1.29, 1.82) is 5.26 Å². The summed E-state index contributed by atoms with van der Waals surface area (Å²) in [5.41, 5.74) is 7.61. The normalized spacial score (nSPS) is 15.0. The first kappa shape index (κ1) is 21.7. The number of nitrogens with zero attached hydrogens (tertiary/aromatic N) is 3. The lowest BCUT2D eigenvalue weighted by Crippen LogP contribution is -2.27. The van der Waals surface area contributed by atoms with Crippen molar-refractivity contribution in [2.75, 3.05) is 0 Å². The Morgan fingerprint density at radius 1 is 1.00 bits per heavy atom. The number of para-hydroxylation sites is 1. The van der Waals surface area contributed by atoms with E-state index in [4.69, 9.17) is 0 Å². The van der Waals surface area contributed by atoms with Gasteiger partial charge in [0.2, 0.25) is 0 Å². The maximum atomic E-state index is 13.0. The second-order valence-corrected chi connectivity index (χ2v) is 8.93. The molecule has 2 aromatic carbocycles. The zero-order chi connectivity index (χ0) is 23.0. The molecule has 1 aliphatic heterocycles. The summed E-state index contributed by atoms with van der Waals surface area (Å²) in [7, 11) is 0. The van der Waals surface area contributed by atoms with Crippen molar-refractivity contribution in [3.8, 4) is 11.8 Å². The van der Waals surface area contributed by atoms with E-state index in [-0.39, 0.29) is 17.7 Å². The van der Waals surface area contributed by atoms with Crippen molar-refractivity contribution in [2.45, 2.75) is 34.2 Å². The molecule has 3 aromatic rings. The van der Waals surface area contributed by atoms with Crippen LogP contribution < -0.4 is 0 Å². The molecular formula is C26H23N3O2S. The van der Waals surface area contributed by atoms with E-state index in [1.807, 2.05) is 26.0 Å². The number of amides is 2. The molecule has 0 saturated carbocycles. The van der Waals surface area contributed by atoms with Gasteiger partial charge >= 0.3 is 0 Å². The molecule has 1 saturated heterocycles. The largest absolute Gasteiger partial charge is 0.317 e. The molecule has 0 radical (unpaired) electrons. The molecule has 0 atom stereocenters. The van der Waals surface area contributed by atoms with E-state index in [9.17, 15) is 14.9 Å². The third kappa shape index (κ3) is 3.76. The maximum absolute atomic E-state index is 13.0. The number of benzene rings is 2. The fourth-order valence-electron chi connectivity index (χ4n) is 4.15. The maximum Gasteiger partial charge on any atom is 0.293 e. The quantitative estimate of drug-likeness (QED) is 0.479. The summed E-state index contributed by atoms with van der Waals surface area (Å²) in [6.45, 7) is 8.34. The van der Waals surface area contributed by atoms with Gasteiger partial charge in [-0.2, -0.15) is 5.26 Å². The molecule has 1 fully saturated rings. The molecule has 0 bridgehead atoms. The number of carbonyl (C=O) groups is 2. The van der Waals surface area contributed by atoms with Gasteiger partial charge in [-0.3, -0.25) is 14.5 Å². The Kier molecular flexibility index (Phi) is 5.77. The number of aryl methyl sites for hydroxylation is 3. The van der Waals surface area contributed by atoms with Gasteiger partial charge in [0.05, 0.1) is 28.8 Å². The van der Waals surface area contributed by atoms with Crippen LogP contribution in [0.4, 0.5) is 4.79 Å². The molecule has 1 aliphatic rings. The molecule has 0 spiro atoms. The number of thioether (sulfide) groups is 1. The predicted molar refractivity (Wildman–Crippen MR) is 127 cm³/mol. The van der Waals surface area contributed by atoms with Crippen molar-refractivity contribution < 1.29 is 9.59 Å². The van der Waals surface area contributed by atoms with Crippen molar-refractivity contribution in [3.05, 3.63) is 92.6 Å². The van der Waals surface area contributed by atoms with Crippen molar-refractivity contribution >= 4 is 29.0 Å². The highest BCUT2D eigenvalue weighted by Gasteiger charge is 2.35. The van der Waals surface area contributed by atoms with Gasteiger partial charge in [-0.1, -0.05) is 36.4 Å². The highest BCUT2D eigenvalue weighted by molar-refractivity contribution is 8.18. The summed E-state index contributed by atoms with van der Waals surface area (Å²) in [6, 6.07) is 17.4. The summed E-state index contributed by atoms with van der Waals surface area (Å²) in [5, 5.41) is 8.98. The first-order chi connectivity index (χ1) is 15.3. The molecule has 4 rings (SSSR count). The average molecular weight is 442 g/mol. The molecular weight excluding hydrogens is 418 g/mol. The van der Waals surface area contributed by atoms with Crippen LogP contribution in [-0.2, 0) is 11.3 Å². The minimum Gasteiger partial charge on any atom is -0.317 e. The van der Waals surface area contributed by atoms with Crippen LogP contribution in [0, 0.1) is 39.0 Å². The molecule has 5 nitrogen and oxygen atoms in total. The highest BCUT2D eigenvalue weighted by Crippen LogP contribution is 2.35. The minimum absolute atomic E-state index is 0.0904. The number of carbonyl (C=O) groups excluding carboxylic acids is 2. The monoisotopic (exact) mass is 441 g/mol. The van der Waals surface area contributed by atoms with Crippen LogP contribution in [0.2, 0.25) is 0 Å². The van der Waals surface area contributed by atoms with Crippen LogP contribution in [0.1, 0.15) is 39.2 Å². The van der Waals surface area contributed by atoms with E-state index in [2.05, 4.69) is 36.6 Å². The van der Waals surface area contributed by atoms with Crippen LogP contribution in [0.3, 0.4) is 0 Å². The Balaban J connectivity index is 1.68. The topological polar surface area (TPSA) is 66.1 Å². The zero-order valence-corrected chi connectivity index (χ0v) is 19.3. The second kappa shape index (κ2) is 8.52. The molecule has 32 heavy (non-hydrogen) atoms. The van der Waals surface area contributed by atoms with E-state index in [1.165, 1.54) is 16.0 Å². The van der Waals surface area contributed by atoms with E-state index < -0.39 is 0 Å². The number of hydrogen-bond acceptors (Lipinski definition) is 4. The van der Waals surface area contributed by atoms with E-state index >= 15 is 0 Å². The summed E-state index contributed by atoms with van der Waals surface area (Å²) in [4.78, 5) is 27.2. The number of nitriles is 1. The molecule has 0 aliphatic carbocycles. The third-order valence-corrected chi connectivity index (χ3v) is 6.67. The Hall–Kier alpha value is -3.56. The Bertz CT molecular complexity index is 1310. The van der Waals surface area contributed by atoms with Crippen LogP contribution in [0.15, 0.2) is 53.4 Å². The number of rotatable bonds is 4. The molecule has 160 valence electrons. The van der Waals surface area contributed by atoms with Gasteiger partial charge in [0.15, 0.2) is 0 Å². The highest BCUT2D eigenvalue weighted by atomic mass is 32.2. The predicted octanol–water partition coefficient (Wildman–Crippen LogP) is 5.82. The first-order valence-electron chi connectivity index (χ1n) is 10.3. The summed E-state index contributed by atoms with van der Waals surface area (Å²) in [6.07, 6.45) is 1.80. The standard InChI is InChI=1S/C26H23N3O2S/c1-16-8-7-9-17(2)24(16)29-18(3)12-22(19(29)4)13-23-25(30)28(26(31)32-23)15-21-11-6-5-10-20(21)14-27/h5-13H,15H2,1-4H3/b23-13+. The number of hydrogen-bond donors (Lipinski definition) is 0. The molecule has 1 aromatic heterocycles. The Morgan fingerprint density at radius 2 is 1.69 bits per heavy atom. The van der Waals surface area contributed by atoms with E-state index in [0.29, 0.717) is 16.0 Å². The Labute approximate surface area is 192 Å². The van der Waals surface area contributed by atoms with Gasteiger partial charge in [-0.05, 0) is 79.9 Å². The fourth-order valence-corrected chi connectivity index (χ4v) is 4.98. The second-order valence-electron chi connectivity index (χ2n) is 7.94. The van der Waals surface area contributed by atoms with Crippen molar-refractivity contribution in [1.82, 2.24) is 9.47 Å². The summed E-state index contributed by atoms with van der Waals surface area (Å²) in [5.74, 6) is -0.329. The molecule has 0 N–H and O–H groups in total. The summed E-state index contributed by atoms with van der Waals surface area (Å²) < 4.78 is 2.20. The van der Waals surface area contributed by atoms with E-state index in [0.717, 1.165) is 34.4 Å². The number of imide groups is 1. The lowest BCUT2D eigenvalue weighted by molar-refractivity contribution is -0.123. The van der Waals surface area contributed by atoms with Gasteiger partial charge in [-0.25, -0.2) is 0 Å². The van der Waals surface area contributed by atoms with Gasteiger partial charge in [0.1, 0.15) is 0 Å². The smallest absolute Gasteiger partial charge is 0.293 e. The van der Waals surface area contributed by atoms with Crippen LogP contribution in [0.5, 0.6) is 0 Å². The molecule has 6 heteroatoms. The van der Waals surface area contributed by atoms with Gasteiger partial charge in [-0.15, -0.1) is 0 Å². The average Bonchev–Trinajstić information content (AvgIpc) is 3.18. The number of aromatic nitrogens is 1. The van der Waals surface area contributed by atoms with Crippen LogP contribution in [-0.4, -0.2) is 20.6 Å². The zero-order valence-electron chi connectivity index (χ0n) is 18.5. The lowest BCUT2D eigenvalue weighted by atomic mass is 10.1. The summed E-state index contributed by atoms with van der Waals surface area (Å²) >= 11 is 0.942. The van der Waals surface area contributed by atoms with Crippen LogP contribution >= 0.6 is 11.8 Å². The van der Waals surface area contributed by atoms with Gasteiger partial charge in [0, 0.05) is 11.4 Å². The SMILES string of the molecule is Cc1cccc(C)c1-n1c(C)cc(/C=C2/SC(=O)N(Cc3ccccc3C#N)C2=O)c1C. The minimum atomic E-state index is -0.329. The van der Waals surface area contributed by atoms with Crippen LogP contribution in [0.25, 0.3) is 11.8 Å². The molecule has 0 unspecified atom stereocenters. The molecule has 2 amide bonds. The van der Waals surface area contributed by atoms with Gasteiger partial charge in [0.25, 0.3) is 11.1 Å². The lowest BCUT2D eigenvalue weighted by Gasteiger charge is -2.15. The van der Waals surface area contributed by atoms with Crippen molar-refractivity contribution in [2.24, 2.45) is 0 Å². The fraction of sp³-hybridized carbons (Fsp3) is 0.192. The third-order valence-electron chi connectivity index (χ3n) is 5.76. The van der Waals surface area contributed by atoms with E-state index in [1.54, 1.807) is 30.3 Å². The Morgan fingerprint density at radius 3 is 2.38 bits per heavy atom. The van der Waals surface area contributed by atoms with Crippen molar-refractivity contribution in [3.63, 3.8) is 0 Å². The van der Waals surface area contributed by atoms with Gasteiger partial charge < -0.3 is 4.57 Å². The first-order valence-corrected chi connectivity index (χ1v) is 11.1.